The molecule has 1 atom stereocenters. The number of nitrogens with one attached hydrogen (secondary N) is 1. The van der Waals surface area contributed by atoms with Crippen LogP contribution < -0.4 is 11.1 Å². The fourth-order valence-electron chi connectivity index (χ4n) is 0.711. The highest BCUT2D eigenvalue weighted by Gasteiger charge is 1.99. The van der Waals surface area contributed by atoms with Gasteiger partial charge in [-0.15, -0.1) is 0 Å². The number of rotatable bonds is 5. The second-order valence-electron chi connectivity index (χ2n) is 3.00. The van der Waals surface area contributed by atoms with Gasteiger partial charge >= 0.3 is 0 Å². The van der Waals surface area contributed by atoms with Crippen LogP contribution >= 0.6 is 0 Å². The highest BCUT2D eigenvalue weighted by atomic mass is 14.9. The third-order valence-electron chi connectivity index (χ3n) is 1.38. The predicted octanol–water partition coefficient (Wildman–Crippen LogP) is 0.402. The van der Waals surface area contributed by atoms with E-state index in [0.29, 0.717) is 6.04 Å². The minimum Gasteiger partial charge on any atom is -0.326 e. The van der Waals surface area contributed by atoms with E-state index in [2.05, 4.69) is 24.2 Å². The summed E-state index contributed by atoms with van der Waals surface area (Å²) in [5.74, 6) is 0. The molecule has 0 aromatic rings. The Bertz CT molecular complexity index is 110. The molecule has 0 saturated heterocycles. The van der Waals surface area contributed by atoms with Crippen molar-refractivity contribution in [2.75, 3.05) is 13.6 Å². The minimum absolute atomic E-state index is 0.195. The van der Waals surface area contributed by atoms with E-state index in [0.717, 1.165) is 13.0 Å². The molecule has 0 amide bonds. The van der Waals surface area contributed by atoms with E-state index in [-0.39, 0.29) is 6.04 Å². The van der Waals surface area contributed by atoms with Crippen molar-refractivity contribution in [1.82, 2.24) is 5.32 Å². The topological polar surface area (TPSA) is 50.4 Å². The van der Waals surface area contributed by atoms with Crippen molar-refractivity contribution in [2.24, 2.45) is 10.7 Å². The van der Waals surface area contributed by atoms with Crippen molar-refractivity contribution in [1.29, 1.82) is 0 Å². The van der Waals surface area contributed by atoms with Gasteiger partial charge < -0.3 is 16.0 Å². The van der Waals surface area contributed by atoms with Crippen LogP contribution in [0.1, 0.15) is 20.3 Å². The summed E-state index contributed by atoms with van der Waals surface area (Å²) in [7, 11) is 1.77. The molecular formula is C8H19N3. The van der Waals surface area contributed by atoms with Crippen molar-refractivity contribution in [2.45, 2.75) is 32.4 Å². The summed E-state index contributed by atoms with van der Waals surface area (Å²) in [4.78, 5) is 3.87. The molecule has 0 rings (SSSR count). The van der Waals surface area contributed by atoms with Gasteiger partial charge in [0.25, 0.3) is 0 Å². The maximum absolute atomic E-state index is 5.75. The van der Waals surface area contributed by atoms with Crippen LogP contribution in [-0.2, 0) is 0 Å². The first-order chi connectivity index (χ1) is 5.16. The lowest BCUT2D eigenvalue weighted by atomic mass is 10.2. The Balaban J connectivity index is 3.29. The van der Waals surface area contributed by atoms with Gasteiger partial charge in [-0.1, -0.05) is 13.8 Å². The maximum atomic E-state index is 5.75. The molecule has 0 fully saturated rings. The normalized spacial score (nSPS) is 14.6. The average Bonchev–Trinajstić information content (AvgIpc) is 1.97. The standard InChI is InChI=1S/C8H19N3/c1-7(2)11-6-8(9)4-5-10-3/h5,7-8,11H,4,6,9H2,1-3H3/b10-5+. The Hall–Kier alpha value is -0.410. The van der Waals surface area contributed by atoms with Gasteiger partial charge in [-0.3, -0.25) is 0 Å². The average molecular weight is 157 g/mol. The first kappa shape index (κ1) is 10.6. The summed E-state index contributed by atoms with van der Waals surface area (Å²) >= 11 is 0. The Morgan fingerprint density at radius 3 is 2.64 bits per heavy atom. The second kappa shape index (κ2) is 6.31. The van der Waals surface area contributed by atoms with Crippen molar-refractivity contribution >= 4 is 6.21 Å². The number of hydrogen-bond donors (Lipinski definition) is 2. The fourth-order valence-corrected chi connectivity index (χ4v) is 0.711. The SMILES string of the molecule is C/N=C/CC(N)CNC(C)C. The highest BCUT2D eigenvalue weighted by Crippen LogP contribution is 1.84. The third kappa shape index (κ3) is 7.49. The lowest BCUT2D eigenvalue weighted by molar-refractivity contribution is 0.534. The zero-order valence-electron chi connectivity index (χ0n) is 7.67. The Morgan fingerprint density at radius 1 is 1.55 bits per heavy atom. The van der Waals surface area contributed by atoms with Crippen LogP contribution in [0, 0.1) is 0 Å². The van der Waals surface area contributed by atoms with Gasteiger partial charge in [0.1, 0.15) is 0 Å². The molecule has 0 aliphatic heterocycles. The van der Waals surface area contributed by atoms with E-state index in [4.69, 9.17) is 5.73 Å². The molecule has 0 bridgehead atoms. The summed E-state index contributed by atoms with van der Waals surface area (Å²) in [5.41, 5.74) is 5.75. The van der Waals surface area contributed by atoms with E-state index in [9.17, 15) is 0 Å². The van der Waals surface area contributed by atoms with Gasteiger partial charge in [0.15, 0.2) is 0 Å². The van der Waals surface area contributed by atoms with Crippen LogP contribution in [-0.4, -0.2) is 31.9 Å². The maximum Gasteiger partial charge on any atom is 0.0273 e. The van der Waals surface area contributed by atoms with Gasteiger partial charge in [-0.05, 0) is 12.6 Å². The summed E-state index contributed by atoms with van der Waals surface area (Å²) in [6.07, 6.45) is 2.71. The molecule has 66 valence electrons. The van der Waals surface area contributed by atoms with Crippen LogP contribution in [0.25, 0.3) is 0 Å². The van der Waals surface area contributed by atoms with E-state index >= 15 is 0 Å². The van der Waals surface area contributed by atoms with E-state index < -0.39 is 0 Å². The molecule has 0 spiro atoms. The fraction of sp³-hybridized carbons (Fsp3) is 0.875. The van der Waals surface area contributed by atoms with Crippen molar-refractivity contribution in [3.63, 3.8) is 0 Å². The molecule has 0 saturated carbocycles. The second-order valence-corrected chi connectivity index (χ2v) is 3.00. The zero-order valence-corrected chi connectivity index (χ0v) is 7.67. The van der Waals surface area contributed by atoms with Gasteiger partial charge in [-0.25, -0.2) is 0 Å². The summed E-state index contributed by atoms with van der Waals surface area (Å²) in [5, 5.41) is 3.27. The van der Waals surface area contributed by atoms with Crippen LogP contribution in [0.3, 0.4) is 0 Å². The van der Waals surface area contributed by atoms with Gasteiger partial charge in [0, 0.05) is 25.7 Å². The van der Waals surface area contributed by atoms with Crippen LogP contribution in [0.5, 0.6) is 0 Å². The molecule has 0 aromatic heterocycles. The largest absolute Gasteiger partial charge is 0.326 e. The summed E-state index contributed by atoms with van der Waals surface area (Å²) in [6, 6.07) is 0.709. The first-order valence-corrected chi connectivity index (χ1v) is 4.06. The monoisotopic (exact) mass is 157 g/mol. The van der Waals surface area contributed by atoms with E-state index in [1.54, 1.807) is 7.05 Å². The van der Waals surface area contributed by atoms with Crippen LogP contribution in [0.15, 0.2) is 4.99 Å². The lowest BCUT2D eigenvalue weighted by Crippen LogP contribution is -2.37. The smallest absolute Gasteiger partial charge is 0.0273 e. The van der Waals surface area contributed by atoms with Crippen molar-refractivity contribution in [3.05, 3.63) is 0 Å². The molecule has 0 radical (unpaired) electrons. The number of nitrogens with zero attached hydrogens (tertiary/aromatic N) is 1. The summed E-state index contributed by atoms with van der Waals surface area (Å²) < 4.78 is 0. The molecule has 0 aliphatic rings. The highest BCUT2D eigenvalue weighted by molar-refractivity contribution is 5.57. The number of nitrogens with two attached hydrogens (primary N) is 1. The predicted molar refractivity (Wildman–Crippen MR) is 50.1 cm³/mol. The molecule has 3 heteroatoms. The molecule has 3 N–H and O–H groups in total. The quantitative estimate of drug-likeness (QED) is 0.568. The van der Waals surface area contributed by atoms with Gasteiger partial charge in [0.05, 0.1) is 0 Å². The molecule has 0 aliphatic carbocycles. The van der Waals surface area contributed by atoms with Crippen molar-refractivity contribution < 1.29 is 0 Å². The first-order valence-electron chi connectivity index (χ1n) is 4.06. The Morgan fingerprint density at radius 2 is 2.18 bits per heavy atom. The molecule has 0 heterocycles. The lowest BCUT2D eigenvalue weighted by Gasteiger charge is -2.12. The minimum atomic E-state index is 0.195. The molecule has 3 nitrogen and oxygen atoms in total. The Labute approximate surface area is 69.1 Å². The Kier molecular flexibility index (Phi) is 6.07. The number of hydrogen-bond acceptors (Lipinski definition) is 3. The van der Waals surface area contributed by atoms with Gasteiger partial charge in [0.2, 0.25) is 0 Å². The molecule has 1 unspecified atom stereocenters. The van der Waals surface area contributed by atoms with Crippen molar-refractivity contribution in [3.8, 4) is 0 Å². The van der Waals surface area contributed by atoms with Crippen LogP contribution in [0.2, 0.25) is 0 Å². The number of aliphatic imine (C=N–C) groups is 1. The molecular weight excluding hydrogens is 138 g/mol. The van der Waals surface area contributed by atoms with Gasteiger partial charge in [-0.2, -0.15) is 0 Å². The summed E-state index contributed by atoms with van der Waals surface area (Å²) in [6.45, 7) is 5.09. The molecule has 11 heavy (non-hydrogen) atoms. The third-order valence-corrected chi connectivity index (χ3v) is 1.38. The molecule has 0 aromatic carbocycles. The van der Waals surface area contributed by atoms with E-state index in [1.807, 2.05) is 6.21 Å². The van der Waals surface area contributed by atoms with E-state index in [1.165, 1.54) is 0 Å². The van der Waals surface area contributed by atoms with Crippen LogP contribution in [0.4, 0.5) is 0 Å². The zero-order chi connectivity index (χ0) is 8.69.